The van der Waals surface area contributed by atoms with Gasteiger partial charge in [-0.1, -0.05) is 0 Å². The summed E-state index contributed by atoms with van der Waals surface area (Å²) in [6.07, 6.45) is 8.89. The van der Waals surface area contributed by atoms with Crippen molar-refractivity contribution in [1.29, 1.82) is 0 Å². The predicted molar refractivity (Wildman–Crippen MR) is 137 cm³/mol. The Labute approximate surface area is 197 Å². The van der Waals surface area contributed by atoms with E-state index in [1.165, 1.54) is 0 Å². The molecule has 164 valence electrons. The zero-order chi connectivity index (χ0) is 23.1. The van der Waals surface area contributed by atoms with Gasteiger partial charge in [0.05, 0.1) is 0 Å². The second kappa shape index (κ2) is 10.4. The van der Waals surface area contributed by atoms with E-state index in [4.69, 9.17) is 4.74 Å². The number of aliphatic hydroxyl groups is 1. The minimum absolute atomic E-state index is 0.0524. The van der Waals surface area contributed by atoms with Crippen molar-refractivity contribution in [3.05, 3.63) is 137 Å². The first-order valence-corrected chi connectivity index (χ1v) is 14.7. The van der Waals surface area contributed by atoms with E-state index in [1.54, 1.807) is 19.1 Å². The number of aliphatic hydroxyl groups excluding tert-OH is 1. The molecule has 0 aromatic heterocycles. The topological polar surface area (TPSA) is 46.5 Å². The van der Waals surface area contributed by atoms with Crippen LogP contribution in [0.25, 0.3) is 0 Å². The molecule has 1 aliphatic carbocycles. The Balaban J connectivity index is 2.23. The first kappa shape index (κ1) is 22.6. The Hall–Kier alpha value is -3.55. The van der Waals surface area contributed by atoms with Gasteiger partial charge in [0, 0.05) is 0 Å². The SMILES string of the molecule is CCOC(=O)/C(=C1\C=CC=CC=C1O)[As+](c1ccccc1)(c1ccccc1)c1ccccc1. The van der Waals surface area contributed by atoms with Crippen LogP contribution in [0.15, 0.2) is 137 Å². The molecule has 33 heavy (non-hydrogen) atoms. The van der Waals surface area contributed by atoms with E-state index in [2.05, 4.69) is 36.4 Å². The Morgan fingerprint density at radius 3 is 1.70 bits per heavy atom. The fourth-order valence-corrected chi connectivity index (χ4v) is 13.4. The van der Waals surface area contributed by atoms with Crippen LogP contribution in [-0.4, -0.2) is 31.2 Å². The summed E-state index contributed by atoms with van der Waals surface area (Å²) in [5, 5.41) is 11.1. The van der Waals surface area contributed by atoms with Crippen LogP contribution in [0.2, 0.25) is 0 Å². The zero-order valence-electron chi connectivity index (χ0n) is 18.5. The van der Waals surface area contributed by atoms with Crippen LogP contribution < -0.4 is 13.1 Å². The quantitative estimate of drug-likeness (QED) is 0.317. The fourth-order valence-electron chi connectivity index (χ4n) is 4.15. The summed E-state index contributed by atoms with van der Waals surface area (Å²) in [6, 6.07) is 30.5. The standard InChI is InChI=1S/C29H25AsO3/c1-2-33-29(32)28(26-21-13-6-14-22-27(26)31)30(23-15-7-3-8-16-23,24-17-9-4-10-18-24)25-19-11-5-12-20-25/h3-22H,2H2,1H3/p+1. The number of allylic oxidation sites excluding steroid dienone is 5. The van der Waals surface area contributed by atoms with E-state index in [0.29, 0.717) is 9.93 Å². The molecule has 1 aliphatic rings. The summed E-state index contributed by atoms with van der Waals surface area (Å²) < 4.78 is 9.42. The molecule has 0 amide bonds. The van der Waals surface area contributed by atoms with Crippen molar-refractivity contribution in [2.24, 2.45) is 0 Å². The van der Waals surface area contributed by atoms with E-state index in [1.807, 2.05) is 72.8 Å². The minimum atomic E-state index is -3.69. The Morgan fingerprint density at radius 1 is 0.758 bits per heavy atom. The van der Waals surface area contributed by atoms with Crippen LogP contribution in [0.4, 0.5) is 0 Å². The molecule has 4 rings (SSSR count). The molecule has 3 nitrogen and oxygen atoms in total. The first-order chi connectivity index (χ1) is 16.2. The van der Waals surface area contributed by atoms with Crippen molar-refractivity contribution in [3.63, 3.8) is 0 Å². The molecule has 0 saturated carbocycles. The number of ether oxygens (including phenoxy) is 1. The number of carbonyl (C=O) groups excluding carboxylic acids is 1. The predicted octanol–water partition coefficient (Wildman–Crippen LogP) is 4.12. The molecular weight excluding hydrogens is 471 g/mol. The number of esters is 1. The summed E-state index contributed by atoms with van der Waals surface area (Å²) in [5.41, 5.74) is 0.502. The van der Waals surface area contributed by atoms with Crippen molar-refractivity contribution in [3.8, 4) is 0 Å². The molecule has 0 unspecified atom stereocenters. The molecule has 0 aliphatic heterocycles. The van der Waals surface area contributed by atoms with Crippen LogP contribution in [0.1, 0.15) is 6.92 Å². The van der Waals surface area contributed by atoms with E-state index in [9.17, 15) is 9.90 Å². The summed E-state index contributed by atoms with van der Waals surface area (Å²) in [4.78, 5) is 13.8. The molecule has 0 saturated heterocycles. The summed E-state index contributed by atoms with van der Waals surface area (Å²) in [6.45, 7) is 2.05. The van der Waals surface area contributed by atoms with E-state index in [-0.39, 0.29) is 12.4 Å². The van der Waals surface area contributed by atoms with Gasteiger partial charge in [-0.25, -0.2) is 0 Å². The number of hydrogen-bond donors (Lipinski definition) is 1. The molecule has 0 atom stereocenters. The molecule has 0 fully saturated rings. The normalized spacial score (nSPS) is 14.9. The molecule has 4 heteroatoms. The van der Waals surface area contributed by atoms with Gasteiger partial charge < -0.3 is 0 Å². The van der Waals surface area contributed by atoms with Crippen LogP contribution in [0, 0.1) is 0 Å². The van der Waals surface area contributed by atoms with Gasteiger partial charge in [0.2, 0.25) is 0 Å². The number of hydrogen-bond acceptors (Lipinski definition) is 3. The molecule has 0 heterocycles. The monoisotopic (exact) mass is 497 g/mol. The average molecular weight is 497 g/mol. The maximum absolute atomic E-state index is 13.8. The van der Waals surface area contributed by atoms with Crippen molar-refractivity contribution >= 4 is 32.6 Å². The van der Waals surface area contributed by atoms with Crippen molar-refractivity contribution in [2.45, 2.75) is 6.92 Å². The van der Waals surface area contributed by atoms with Gasteiger partial charge in [0.15, 0.2) is 0 Å². The van der Waals surface area contributed by atoms with Crippen LogP contribution in [0.5, 0.6) is 0 Å². The molecule has 1 N–H and O–H groups in total. The van der Waals surface area contributed by atoms with Crippen molar-refractivity contribution in [2.75, 3.05) is 6.61 Å². The Morgan fingerprint density at radius 2 is 1.24 bits per heavy atom. The van der Waals surface area contributed by atoms with Crippen LogP contribution in [-0.2, 0) is 9.53 Å². The molecular formula is C29H26AsO3+. The molecule has 3 aromatic carbocycles. The second-order valence-electron chi connectivity index (χ2n) is 7.46. The van der Waals surface area contributed by atoms with Gasteiger partial charge in [-0.3, -0.25) is 0 Å². The zero-order valence-corrected chi connectivity index (χ0v) is 20.3. The summed E-state index contributed by atoms with van der Waals surface area (Å²) in [5.74, 6) is -0.348. The van der Waals surface area contributed by atoms with Gasteiger partial charge in [-0.2, -0.15) is 0 Å². The van der Waals surface area contributed by atoms with Gasteiger partial charge in [-0.05, 0) is 0 Å². The molecule has 0 bridgehead atoms. The number of carbonyl (C=O) groups is 1. The van der Waals surface area contributed by atoms with Crippen molar-refractivity contribution < 1.29 is 14.6 Å². The average Bonchev–Trinajstić information content (AvgIpc) is 3.08. The third-order valence-corrected chi connectivity index (χ3v) is 14.6. The van der Waals surface area contributed by atoms with Crippen molar-refractivity contribution in [1.82, 2.24) is 0 Å². The van der Waals surface area contributed by atoms with E-state index >= 15 is 0 Å². The first-order valence-electron chi connectivity index (χ1n) is 10.9. The van der Waals surface area contributed by atoms with Gasteiger partial charge in [0.1, 0.15) is 0 Å². The van der Waals surface area contributed by atoms with Crippen LogP contribution >= 0.6 is 0 Å². The third kappa shape index (κ3) is 4.37. The number of rotatable bonds is 6. The fraction of sp³-hybridized carbons (Fsp3) is 0.0690. The van der Waals surface area contributed by atoms with Gasteiger partial charge in [0.25, 0.3) is 0 Å². The Bertz CT molecular complexity index is 1130. The van der Waals surface area contributed by atoms with Gasteiger partial charge in [-0.15, -0.1) is 0 Å². The van der Waals surface area contributed by atoms with E-state index < -0.39 is 19.5 Å². The third-order valence-electron chi connectivity index (χ3n) is 5.50. The summed E-state index contributed by atoms with van der Waals surface area (Å²) >= 11 is -3.69. The van der Waals surface area contributed by atoms with Gasteiger partial charge >= 0.3 is 198 Å². The molecule has 3 aromatic rings. The maximum atomic E-state index is 13.8. The molecule has 0 spiro atoms. The number of benzene rings is 3. The Kier molecular flexibility index (Phi) is 7.12. The second-order valence-corrected chi connectivity index (χ2v) is 14.5. The van der Waals surface area contributed by atoms with E-state index in [0.717, 1.165) is 13.1 Å². The van der Waals surface area contributed by atoms with Crippen LogP contribution in [0.3, 0.4) is 0 Å². The summed E-state index contributed by atoms with van der Waals surface area (Å²) in [7, 11) is 0. The molecule has 0 radical (unpaired) electrons.